The first kappa shape index (κ1) is 14.8. The fourth-order valence-electron chi connectivity index (χ4n) is 3.41. The average molecular weight is 287 g/mol. The molecule has 2 fully saturated rings. The van der Waals surface area contributed by atoms with E-state index in [0.717, 1.165) is 57.8 Å². The van der Waals surface area contributed by atoms with Crippen molar-refractivity contribution in [2.45, 2.75) is 81.1 Å². The summed E-state index contributed by atoms with van der Waals surface area (Å²) in [7, 11) is -3.18. The SMILES string of the molecule is O=S(=O)(C1CCCCC1)C1CCCCCC/C1=N\O. The van der Waals surface area contributed by atoms with Gasteiger partial charge >= 0.3 is 0 Å². The zero-order valence-electron chi connectivity index (χ0n) is 11.6. The molecule has 1 N–H and O–H groups in total. The number of oxime groups is 1. The Bertz CT molecular complexity index is 410. The maximum Gasteiger partial charge on any atom is 0.161 e. The Kier molecular flexibility index (Phi) is 5.25. The molecule has 0 aliphatic heterocycles. The maximum atomic E-state index is 12.8. The van der Waals surface area contributed by atoms with E-state index in [-0.39, 0.29) is 5.25 Å². The van der Waals surface area contributed by atoms with Crippen molar-refractivity contribution in [2.75, 3.05) is 0 Å². The predicted octanol–water partition coefficient (Wildman–Crippen LogP) is 3.29. The maximum absolute atomic E-state index is 12.8. The third-order valence-corrected chi connectivity index (χ3v) is 7.26. The standard InChI is InChI=1S/C14H25NO3S/c16-15-13-10-6-1-2-7-11-14(13)19(17,18)12-8-4-3-5-9-12/h12,14,16H,1-11H2/b15-13+. The normalized spacial score (nSPS) is 29.9. The minimum atomic E-state index is -3.18. The fourth-order valence-corrected chi connectivity index (χ4v) is 5.91. The van der Waals surface area contributed by atoms with Gasteiger partial charge in [0.1, 0.15) is 5.25 Å². The molecule has 2 aliphatic rings. The van der Waals surface area contributed by atoms with Gasteiger partial charge in [0, 0.05) is 0 Å². The molecule has 0 bridgehead atoms. The van der Waals surface area contributed by atoms with Crippen molar-refractivity contribution in [3.63, 3.8) is 0 Å². The van der Waals surface area contributed by atoms with Gasteiger partial charge in [-0.25, -0.2) is 8.42 Å². The molecule has 1 atom stereocenters. The second-order valence-electron chi connectivity index (χ2n) is 5.88. The summed E-state index contributed by atoms with van der Waals surface area (Å²) in [5.41, 5.74) is 0.505. The van der Waals surface area contributed by atoms with Crippen LogP contribution in [0.2, 0.25) is 0 Å². The predicted molar refractivity (Wildman–Crippen MR) is 76.5 cm³/mol. The van der Waals surface area contributed by atoms with Gasteiger partial charge in [-0.15, -0.1) is 0 Å². The number of sulfone groups is 1. The van der Waals surface area contributed by atoms with Crippen LogP contribution in [0.3, 0.4) is 0 Å². The van der Waals surface area contributed by atoms with E-state index in [4.69, 9.17) is 5.21 Å². The number of hydrogen-bond acceptors (Lipinski definition) is 4. The Morgan fingerprint density at radius 3 is 2.16 bits per heavy atom. The van der Waals surface area contributed by atoms with Crippen molar-refractivity contribution in [3.8, 4) is 0 Å². The van der Waals surface area contributed by atoms with Crippen molar-refractivity contribution in [1.82, 2.24) is 0 Å². The van der Waals surface area contributed by atoms with E-state index in [1.165, 1.54) is 0 Å². The van der Waals surface area contributed by atoms with E-state index >= 15 is 0 Å². The highest BCUT2D eigenvalue weighted by Gasteiger charge is 2.37. The molecule has 0 saturated heterocycles. The van der Waals surface area contributed by atoms with E-state index in [2.05, 4.69) is 5.16 Å². The minimum absolute atomic E-state index is 0.206. The third-order valence-electron chi connectivity index (χ3n) is 4.56. The van der Waals surface area contributed by atoms with Crippen LogP contribution < -0.4 is 0 Å². The molecule has 4 nitrogen and oxygen atoms in total. The van der Waals surface area contributed by atoms with Crippen LogP contribution in [-0.2, 0) is 9.84 Å². The Labute approximate surface area is 116 Å². The van der Waals surface area contributed by atoms with Gasteiger partial charge in [0.2, 0.25) is 0 Å². The molecule has 0 aromatic rings. The molecule has 0 radical (unpaired) electrons. The van der Waals surface area contributed by atoms with E-state index in [9.17, 15) is 8.42 Å². The monoisotopic (exact) mass is 287 g/mol. The number of nitrogens with zero attached hydrogens (tertiary/aromatic N) is 1. The van der Waals surface area contributed by atoms with E-state index in [1.54, 1.807) is 0 Å². The summed E-state index contributed by atoms with van der Waals surface area (Å²) < 4.78 is 25.6. The summed E-state index contributed by atoms with van der Waals surface area (Å²) in [4.78, 5) is 0. The molecule has 2 saturated carbocycles. The molecule has 2 aliphatic carbocycles. The highest BCUT2D eigenvalue weighted by Crippen LogP contribution is 2.30. The van der Waals surface area contributed by atoms with Crippen molar-refractivity contribution in [2.24, 2.45) is 5.16 Å². The van der Waals surface area contributed by atoms with Gasteiger partial charge in [0.05, 0.1) is 11.0 Å². The molecule has 0 amide bonds. The molecule has 19 heavy (non-hydrogen) atoms. The largest absolute Gasteiger partial charge is 0.411 e. The zero-order chi connectivity index (χ0) is 13.7. The first-order valence-electron chi connectivity index (χ1n) is 7.60. The van der Waals surface area contributed by atoms with Crippen LogP contribution in [-0.4, -0.2) is 29.8 Å². The van der Waals surface area contributed by atoms with Crippen LogP contribution in [0.15, 0.2) is 5.16 Å². The lowest BCUT2D eigenvalue weighted by Gasteiger charge is -2.28. The van der Waals surface area contributed by atoms with Gasteiger partial charge in [-0.05, 0) is 32.1 Å². The zero-order valence-corrected chi connectivity index (χ0v) is 12.4. The van der Waals surface area contributed by atoms with Gasteiger partial charge in [-0.2, -0.15) is 0 Å². The second-order valence-corrected chi connectivity index (χ2v) is 8.30. The first-order chi connectivity index (χ1) is 9.16. The lowest BCUT2D eigenvalue weighted by molar-refractivity contribution is 0.315. The number of hydrogen-bond donors (Lipinski definition) is 1. The van der Waals surface area contributed by atoms with Crippen molar-refractivity contribution in [3.05, 3.63) is 0 Å². The summed E-state index contributed by atoms with van der Waals surface area (Å²) in [6, 6.07) is 0. The average Bonchev–Trinajstić information content (AvgIpc) is 2.39. The minimum Gasteiger partial charge on any atom is -0.411 e. The smallest absolute Gasteiger partial charge is 0.161 e. The summed E-state index contributed by atoms with van der Waals surface area (Å²) >= 11 is 0. The molecule has 0 spiro atoms. The molecule has 110 valence electrons. The fraction of sp³-hybridized carbons (Fsp3) is 0.929. The number of rotatable bonds is 2. The molecule has 0 aromatic heterocycles. The molecule has 2 rings (SSSR count). The molecule has 0 heterocycles. The summed E-state index contributed by atoms with van der Waals surface area (Å²) in [6.07, 6.45) is 10.1. The van der Waals surface area contributed by atoms with E-state index < -0.39 is 15.1 Å². The molecule has 1 unspecified atom stereocenters. The highest BCUT2D eigenvalue weighted by atomic mass is 32.2. The van der Waals surface area contributed by atoms with Crippen LogP contribution in [0.5, 0.6) is 0 Å². The molecule has 5 heteroatoms. The Hall–Kier alpha value is -0.580. The van der Waals surface area contributed by atoms with Gasteiger partial charge in [-0.1, -0.05) is 43.7 Å². The van der Waals surface area contributed by atoms with Gasteiger partial charge < -0.3 is 5.21 Å². The second kappa shape index (κ2) is 6.73. The quantitative estimate of drug-likeness (QED) is 0.626. The highest BCUT2D eigenvalue weighted by molar-refractivity contribution is 7.93. The molecule has 0 aromatic carbocycles. The van der Waals surface area contributed by atoms with Crippen LogP contribution in [0.4, 0.5) is 0 Å². The third kappa shape index (κ3) is 3.50. The van der Waals surface area contributed by atoms with Gasteiger partial charge in [0.25, 0.3) is 0 Å². The van der Waals surface area contributed by atoms with E-state index in [1.807, 2.05) is 0 Å². The Morgan fingerprint density at radius 2 is 1.47 bits per heavy atom. The van der Waals surface area contributed by atoms with E-state index in [0.29, 0.717) is 18.6 Å². The van der Waals surface area contributed by atoms with Crippen molar-refractivity contribution < 1.29 is 13.6 Å². The topological polar surface area (TPSA) is 66.7 Å². The van der Waals surface area contributed by atoms with Crippen LogP contribution >= 0.6 is 0 Å². The summed E-state index contributed by atoms with van der Waals surface area (Å²) in [5, 5.41) is 11.8. The molecular formula is C14H25NO3S. The van der Waals surface area contributed by atoms with Crippen LogP contribution in [0, 0.1) is 0 Å². The first-order valence-corrected chi connectivity index (χ1v) is 9.20. The summed E-state index contributed by atoms with van der Waals surface area (Å²) in [5.74, 6) is 0. The van der Waals surface area contributed by atoms with Gasteiger partial charge in [0.15, 0.2) is 9.84 Å². The lowest BCUT2D eigenvalue weighted by atomic mass is 9.99. The molecular weight excluding hydrogens is 262 g/mol. The van der Waals surface area contributed by atoms with Crippen molar-refractivity contribution >= 4 is 15.5 Å². The van der Waals surface area contributed by atoms with Crippen LogP contribution in [0.1, 0.15) is 70.6 Å². The van der Waals surface area contributed by atoms with Gasteiger partial charge in [-0.3, -0.25) is 0 Å². The van der Waals surface area contributed by atoms with Crippen LogP contribution in [0.25, 0.3) is 0 Å². The van der Waals surface area contributed by atoms with Crippen molar-refractivity contribution in [1.29, 1.82) is 0 Å². The lowest BCUT2D eigenvalue weighted by Crippen LogP contribution is -2.39. The Balaban J connectivity index is 2.18. The Morgan fingerprint density at radius 1 is 0.895 bits per heavy atom. The summed E-state index contributed by atoms with van der Waals surface area (Å²) in [6.45, 7) is 0.